The zero-order chi connectivity index (χ0) is 11.4. The molecule has 2 atom stereocenters. The molecule has 1 fully saturated rings. The number of ether oxygens (including phenoxy) is 1. The van der Waals surface area contributed by atoms with Crippen molar-refractivity contribution in [1.29, 1.82) is 0 Å². The van der Waals surface area contributed by atoms with Crippen LogP contribution in [0.1, 0.15) is 24.9 Å². The van der Waals surface area contributed by atoms with E-state index in [2.05, 4.69) is 24.4 Å². The van der Waals surface area contributed by atoms with E-state index in [9.17, 15) is 0 Å². The topological polar surface area (TPSA) is 21.3 Å². The third-order valence-corrected chi connectivity index (χ3v) is 4.07. The Morgan fingerprint density at radius 3 is 3.00 bits per heavy atom. The first-order valence-corrected chi connectivity index (χ1v) is 6.93. The van der Waals surface area contributed by atoms with E-state index in [4.69, 9.17) is 4.74 Å². The minimum atomic E-state index is 0.415. The van der Waals surface area contributed by atoms with Crippen LogP contribution in [-0.2, 0) is 0 Å². The van der Waals surface area contributed by atoms with E-state index in [1.807, 2.05) is 23.9 Å². The largest absolute Gasteiger partial charge is 0.496 e. The lowest BCUT2D eigenvalue weighted by Crippen LogP contribution is -2.30. The Morgan fingerprint density at radius 1 is 1.38 bits per heavy atom. The summed E-state index contributed by atoms with van der Waals surface area (Å²) in [6.45, 7) is 2.26. The van der Waals surface area contributed by atoms with Gasteiger partial charge in [0.25, 0.3) is 0 Å². The highest BCUT2D eigenvalue weighted by atomic mass is 32.2. The predicted molar refractivity (Wildman–Crippen MR) is 70.3 cm³/mol. The van der Waals surface area contributed by atoms with Crippen molar-refractivity contribution >= 4 is 11.8 Å². The lowest BCUT2D eigenvalue weighted by molar-refractivity contribution is 0.397. The molecule has 2 rings (SSSR count). The Hall–Kier alpha value is -0.670. The summed E-state index contributed by atoms with van der Waals surface area (Å²) in [6.07, 6.45) is 1.25. The molecule has 2 nitrogen and oxygen atoms in total. The summed E-state index contributed by atoms with van der Waals surface area (Å²) in [6, 6.07) is 9.31. The standard InChI is InChI=1S/C13H19NOS/c1-10-7-8-16-9-12(14-10)11-5-3-4-6-13(11)15-2/h3-6,10,12,14H,7-9H2,1-2H3. The zero-order valence-corrected chi connectivity index (χ0v) is 10.7. The summed E-state index contributed by atoms with van der Waals surface area (Å²) >= 11 is 2.02. The maximum absolute atomic E-state index is 5.43. The van der Waals surface area contributed by atoms with Crippen LogP contribution in [0.3, 0.4) is 0 Å². The second-order valence-electron chi connectivity index (χ2n) is 4.23. The number of hydrogen-bond donors (Lipinski definition) is 1. The summed E-state index contributed by atoms with van der Waals surface area (Å²) in [5, 5.41) is 3.67. The van der Waals surface area contributed by atoms with E-state index in [1.165, 1.54) is 17.7 Å². The highest BCUT2D eigenvalue weighted by molar-refractivity contribution is 7.99. The number of rotatable bonds is 2. The first-order chi connectivity index (χ1) is 7.81. The molecule has 2 unspecified atom stereocenters. The fourth-order valence-corrected chi connectivity index (χ4v) is 3.27. The fourth-order valence-electron chi connectivity index (χ4n) is 2.07. The summed E-state index contributed by atoms with van der Waals surface area (Å²) in [4.78, 5) is 0. The number of methoxy groups -OCH3 is 1. The van der Waals surface area contributed by atoms with Gasteiger partial charge in [-0.15, -0.1) is 0 Å². The average molecular weight is 237 g/mol. The zero-order valence-electron chi connectivity index (χ0n) is 9.90. The Balaban J connectivity index is 2.20. The van der Waals surface area contributed by atoms with Crippen molar-refractivity contribution in [3.63, 3.8) is 0 Å². The molecule has 88 valence electrons. The molecule has 0 bridgehead atoms. The van der Waals surface area contributed by atoms with E-state index < -0.39 is 0 Å². The van der Waals surface area contributed by atoms with Crippen LogP contribution in [0, 0.1) is 0 Å². The molecule has 0 amide bonds. The monoisotopic (exact) mass is 237 g/mol. The van der Waals surface area contributed by atoms with Gasteiger partial charge in [-0.2, -0.15) is 11.8 Å². The number of nitrogens with one attached hydrogen (secondary N) is 1. The number of para-hydroxylation sites is 1. The van der Waals surface area contributed by atoms with E-state index in [-0.39, 0.29) is 0 Å². The van der Waals surface area contributed by atoms with Crippen molar-refractivity contribution in [3.05, 3.63) is 29.8 Å². The lowest BCUT2D eigenvalue weighted by atomic mass is 10.1. The molecule has 1 aliphatic rings. The minimum Gasteiger partial charge on any atom is -0.496 e. The molecule has 1 heterocycles. The van der Waals surface area contributed by atoms with Gasteiger partial charge in [-0.1, -0.05) is 18.2 Å². The second-order valence-corrected chi connectivity index (χ2v) is 5.38. The molecule has 0 radical (unpaired) electrons. The van der Waals surface area contributed by atoms with Gasteiger partial charge in [0.05, 0.1) is 7.11 Å². The van der Waals surface area contributed by atoms with Gasteiger partial charge in [-0.05, 0) is 25.2 Å². The smallest absolute Gasteiger partial charge is 0.123 e. The van der Waals surface area contributed by atoms with Crippen molar-refractivity contribution in [3.8, 4) is 5.75 Å². The SMILES string of the molecule is COc1ccccc1C1CSCCC(C)N1. The third-order valence-electron chi connectivity index (χ3n) is 2.98. The van der Waals surface area contributed by atoms with Crippen LogP contribution in [-0.4, -0.2) is 24.7 Å². The average Bonchev–Trinajstić information content (AvgIpc) is 2.54. The quantitative estimate of drug-likeness (QED) is 0.854. The molecular formula is C13H19NOS. The van der Waals surface area contributed by atoms with Crippen LogP contribution in [0.15, 0.2) is 24.3 Å². The van der Waals surface area contributed by atoms with Crippen LogP contribution >= 0.6 is 11.8 Å². The predicted octanol–water partition coefficient (Wildman–Crippen LogP) is 2.85. The third kappa shape index (κ3) is 2.71. The number of benzene rings is 1. The van der Waals surface area contributed by atoms with Crippen molar-refractivity contribution in [2.45, 2.75) is 25.4 Å². The van der Waals surface area contributed by atoms with Crippen LogP contribution in [0.2, 0.25) is 0 Å². The van der Waals surface area contributed by atoms with Gasteiger partial charge in [0.2, 0.25) is 0 Å². The maximum Gasteiger partial charge on any atom is 0.123 e. The van der Waals surface area contributed by atoms with E-state index in [0.717, 1.165) is 11.5 Å². The van der Waals surface area contributed by atoms with E-state index in [0.29, 0.717) is 12.1 Å². The van der Waals surface area contributed by atoms with Gasteiger partial charge < -0.3 is 10.1 Å². The minimum absolute atomic E-state index is 0.415. The van der Waals surface area contributed by atoms with Gasteiger partial charge in [-0.25, -0.2) is 0 Å². The summed E-state index contributed by atoms with van der Waals surface area (Å²) < 4.78 is 5.43. The molecule has 1 N–H and O–H groups in total. The van der Waals surface area contributed by atoms with Gasteiger partial charge in [0, 0.05) is 23.4 Å². The van der Waals surface area contributed by atoms with Crippen molar-refractivity contribution in [2.24, 2.45) is 0 Å². The molecule has 1 aromatic rings. The van der Waals surface area contributed by atoms with Crippen LogP contribution in [0.4, 0.5) is 0 Å². The molecule has 0 aliphatic carbocycles. The molecule has 1 saturated heterocycles. The summed E-state index contributed by atoms with van der Waals surface area (Å²) in [5.74, 6) is 3.37. The van der Waals surface area contributed by atoms with Crippen LogP contribution in [0.25, 0.3) is 0 Å². The van der Waals surface area contributed by atoms with Gasteiger partial charge in [-0.3, -0.25) is 0 Å². The molecule has 0 spiro atoms. The van der Waals surface area contributed by atoms with E-state index in [1.54, 1.807) is 7.11 Å². The fraction of sp³-hybridized carbons (Fsp3) is 0.538. The van der Waals surface area contributed by atoms with E-state index >= 15 is 0 Å². The molecule has 0 saturated carbocycles. The first kappa shape index (κ1) is 11.8. The number of hydrogen-bond acceptors (Lipinski definition) is 3. The highest BCUT2D eigenvalue weighted by Gasteiger charge is 2.20. The molecule has 1 aliphatic heterocycles. The summed E-state index contributed by atoms with van der Waals surface area (Å²) in [5.41, 5.74) is 1.28. The maximum atomic E-state index is 5.43. The van der Waals surface area contributed by atoms with Crippen molar-refractivity contribution in [2.75, 3.05) is 18.6 Å². The second kappa shape index (κ2) is 5.60. The van der Waals surface area contributed by atoms with Crippen LogP contribution < -0.4 is 10.1 Å². The van der Waals surface area contributed by atoms with Gasteiger partial charge in [0.15, 0.2) is 0 Å². The van der Waals surface area contributed by atoms with Crippen molar-refractivity contribution in [1.82, 2.24) is 5.32 Å². The molecular weight excluding hydrogens is 218 g/mol. The molecule has 3 heteroatoms. The van der Waals surface area contributed by atoms with Crippen molar-refractivity contribution < 1.29 is 4.74 Å². The van der Waals surface area contributed by atoms with Gasteiger partial charge in [0.1, 0.15) is 5.75 Å². The summed E-state index contributed by atoms with van der Waals surface area (Å²) in [7, 11) is 1.74. The first-order valence-electron chi connectivity index (χ1n) is 5.78. The molecule has 16 heavy (non-hydrogen) atoms. The van der Waals surface area contributed by atoms with Crippen LogP contribution in [0.5, 0.6) is 5.75 Å². The molecule has 1 aromatic carbocycles. The Bertz CT molecular complexity index is 342. The Morgan fingerprint density at radius 2 is 2.19 bits per heavy atom. The lowest BCUT2D eigenvalue weighted by Gasteiger charge is -2.21. The van der Waals surface area contributed by atoms with Gasteiger partial charge >= 0.3 is 0 Å². The Labute approximate surface area is 102 Å². The normalized spacial score (nSPS) is 26.1. The highest BCUT2D eigenvalue weighted by Crippen LogP contribution is 2.29. The Kier molecular flexibility index (Phi) is 4.13. The molecule has 0 aromatic heterocycles. The number of thioether (sulfide) groups is 1.